The molecule has 1 aromatic rings. The predicted molar refractivity (Wildman–Crippen MR) is 125 cm³/mol. The second kappa shape index (κ2) is 14.7. The maximum Gasteiger partial charge on any atom is 0.422 e. The molecule has 0 radical (unpaired) electrons. The number of nitrogens with zero attached hydrogens (tertiary/aromatic N) is 1. The minimum Gasteiger partial charge on any atom is -0.484 e. The van der Waals surface area contributed by atoms with E-state index < -0.39 is 12.8 Å². The molecule has 1 aliphatic rings. The predicted octanol–water partition coefficient (Wildman–Crippen LogP) is 4.05. The molecule has 6 nitrogen and oxygen atoms in total. The van der Waals surface area contributed by atoms with Gasteiger partial charge in [-0.2, -0.15) is 13.2 Å². The number of benzene rings is 1. The summed E-state index contributed by atoms with van der Waals surface area (Å²) in [5.74, 6) is 1.38. The molecule has 2 N–H and O–H groups in total. The molecular formula is C21H33F3IN3O3. The third kappa shape index (κ3) is 11.8. The highest BCUT2D eigenvalue weighted by Crippen LogP contribution is 2.23. The molecule has 1 fully saturated rings. The Kier molecular flexibility index (Phi) is 13.2. The van der Waals surface area contributed by atoms with Crippen LogP contribution in [0.1, 0.15) is 30.4 Å². The Balaban J connectivity index is 0.00000480. The molecule has 0 aliphatic carbocycles. The van der Waals surface area contributed by atoms with Crippen molar-refractivity contribution in [1.82, 2.24) is 10.6 Å². The second-order valence-corrected chi connectivity index (χ2v) is 7.35. The first-order valence-corrected chi connectivity index (χ1v) is 10.3. The minimum absolute atomic E-state index is 0. The molecule has 31 heavy (non-hydrogen) atoms. The fourth-order valence-electron chi connectivity index (χ4n) is 3.05. The summed E-state index contributed by atoms with van der Waals surface area (Å²) in [6.45, 7) is 4.54. The van der Waals surface area contributed by atoms with Crippen molar-refractivity contribution in [1.29, 1.82) is 0 Å². The SMILES string of the molecule is CN=C(NCCCOCC1CCOCC1)NCc1ccc(C)cc1OCC(F)(F)F.I. The molecule has 0 unspecified atom stereocenters. The van der Waals surface area contributed by atoms with Gasteiger partial charge in [-0.1, -0.05) is 12.1 Å². The van der Waals surface area contributed by atoms with E-state index in [-0.39, 0.29) is 29.7 Å². The summed E-state index contributed by atoms with van der Waals surface area (Å²) in [5.41, 5.74) is 1.46. The van der Waals surface area contributed by atoms with Gasteiger partial charge in [-0.3, -0.25) is 4.99 Å². The van der Waals surface area contributed by atoms with Gasteiger partial charge in [0.15, 0.2) is 12.6 Å². The van der Waals surface area contributed by atoms with E-state index in [4.69, 9.17) is 14.2 Å². The lowest BCUT2D eigenvalue weighted by Crippen LogP contribution is -2.37. The van der Waals surface area contributed by atoms with Gasteiger partial charge in [-0.05, 0) is 43.7 Å². The number of halogens is 4. The minimum atomic E-state index is -4.38. The standard InChI is InChI=1S/C21H32F3N3O3.HI/c1-16-4-5-18(19(12-16)30-15-21(22,23)24)13-27-20(25-2)26-8-3-9-29-14-17-6-10-28-11-7-17;/h4-5,12,17H,3,6-11,13-15H2,1-2H3,(H2,25,26,27);1H. The average molecular weight is 559 g/mol. The topological polar surface area (TPSA) is 64.1 Å². The van der Waals surface area contributed by atoms with Gasteiger partial charge in [0.25, 0.3) is 0 Å². The van der Waals surface area contributed by atoms with E-state index in [9.17, 15) is 13.2 Å². The van der Waals surface area contributed by atoms with E-state index in [1.165, 1.54) is 0 Å². The average Bonchev–Trinajstić information content (AvgIpc) is 2.72. The summed E-state index contributed by atoms with van der Waals surface area (Å²) in [6.07, 6.45) is -1.43. The Labute approximate surface area is 199 Å². The summed E-state index contributed by atoms with van der Waals surface area (Å²) in [5, 5.41) is 6.29. The van der Waals surface area contributed by atoms with Crippen molar-refractivity contribution < 1.29 is 27.4 Å². The van der Waals surface area contributed by atoms with Crippen molar-refractivity contribution in [3.63, 3.8) is 0 Å². The molecule has 1 heterocycles. The highest BCUT2D eigenvalue weighted by atomic mass is 127. The number of hydrogen-bond acceptors (Lipinski definition) is 4. The molecule has 1 saturated heterocycles. The van der Waals surface area contributed by atoms with Gasteiger partial charge in [0.1, 0.15) is 5.75 Å². The van der Waals surface area contributed by atoms with Gasteiger partial charge in [-0.25, -0.2) is 0 Å². The van der Waals surface area contributed by atoms with E-state index in [1.807, 2.05) is 13.0 Å². The van der Waals surface area contributed by atoms with E-state index >= 15 is 0 Å². The molecule has 0 bridgehead atoms. The molecule has 0 amide bonds. The molecule has 0 saturated carbocycles. The lowest BCUT2D eigenvalue weighted by atomic mass is 10.0. The normalized spacial score (nSPS) is 15.3. The highest BCUT2D eigenvalue weighted by molar-refractivity contribution is 14.0. The molecule has 0 spiro atoms. The Bertz CT molecular complexity index is 669. The Hall–Kier alpha value is -1.27. The molecule has 0 aromatic heterocycles. The number of aliphatic imine (C=N–C) groups is 1. The Morgan fingerprint density at radius 3 is 2.65 bits per heavy atom. The number of aryl methyl sites for hydroxylation is 1. The number of ether oxygens (including phenoxy) is 3. The van der Waals surface area contributed by atoms with E-state index in [0.29, 0.717) is 37.1 Å². The third-order valence-corrected chi connectivity index (χ3v) is 4.74. The molecule has 1 aromatic carbocycles. The van der Waals surface area contributed by atoms with Gasteiger partial charge in [0.2, 0.25) is 0 Å². The zero-order valence-electron chi connectivity index (χ0n) is 18.1. The molecule has 1 aliphatic heterocycles. The largest absolute Gasteiger partial charge is 0.484 e. The van der Waals surface area contributed by atoms with Crippen molar-refractivity contribution in [3.05, 3.63) is 29.3 Å². The van der Waals surface area contributed by atoms with Gasteiger partial charge in [-0.15, -0.1) is 24.0 Å². The molecule has 10 heteroatoms. The zero-order chi connectivity index (χ0) is 21.8. The van der Waals surface area contributed by atoms with Gasteiger partial charge < -0.3 is 24.8 Å². The summed E-state index contributed by atoms with van der Waals surface area (Å²) < 4.78 is 53.5. The first kappa shape index (κ1) is 27.8. The van der Waals surface area contributed by atoms with Crippen molar-refractivity contribution in [2.75, 3.05) is 46.6 Å². The van der Waals surface area contributed by atoms with Crippen LogP contribution in [0.2, 0.25) is 0 Å². The maximum atomic E-state index is 12.5. The number of nitrogens with one attached hydrogen (secondary N) is 2. The van der Waals surface area contributed by atoms with Crippen LogP contribution in [0.15, 0.2) is 23.2 Å². The van der Waals surface area contributed by atoms with E-state index in [2.05, 4.69) is 15.6 Å². The van der Waals surface area contributed by atoms with Crippen molar-refractivity contribution in [2.24, 2.45) is 10.9 Å². The number of rotatable bonds is 10. The van der Waals surface area contributed by atoms with Crippen LogP contribution in [-0.4, -0.2) is 58.8 Å². The van der Waals surface area contributed by atoms with Crippen LogP contribution in [0.3, 0.4) is 0 Å². The quantitative estimate of drug-likeness (QED) is 0.196. The van der Waals surface area contributed by atoms with Crippen LogP contribution < -0.4 is 15.4 Å². The summed E-state index contributed by atoms with van der Waals surface area (Å²) in [6, 6.07) is 5.20. The summed E-state index contributed by atoms with van der Waals surface area (Å²) >= 11 is 0. The van der Waals surface area contributed by atoms with Gasteiger partial charge >= 0.3 is 6.18 Å². The zero-order valence-corrected chi connectivity index (χ0v) is 20.4. The fraction of sp³-hybridized carbons (Fsp3) is 0.667. The van der Waals surface area contributed by atoms with Crippen molar-refractivity contribution >= 4 is 29.9 Å². The molecule has 0 atom stereocenters. The Morgan fingerprint density at radius 1 is 1.23 bits per heavy atom. The van der Waals surface area contributed by atoms with Gasteiger partial charge in [0, 0.05) is 52.1 Å². The molecule has 178 valence electrons. The van der Waals surface area contributed by atoms with Crippen LogP contribution in [-0.2, 0) is 16.0 Å². The van der Waals surface area contributed by atoms with Crippen LogP contribution >= 0.6 is 24.0 Å². The summed E-state index contributed by atoms with van der Waals surface area (Å²) in [4.78, 5) is 4.15. The maximum absolute atomic E-state index is 12.5. The highest BCUT2D eigenvalue weighted by Gasteiger charge is 2.28. The lowest BCUT2D eigenvalue weighted by Gasteiger charge is -2.21. The van der Waals surface area contributed by atoms with Crippen molar-refractivity contribution in [2.45, 2.75) is 38.9 Å². The monoisotopic (exact) mass is 559 g/mol. The number of hydrogen-bond donors (Lipinski definition) is 2. The van der Waals surface area contributed by atoms with Crippen LogP contribution in [0.5, 0.6) is 5.75 Å². The fourth-order valence-corrected chi connectivity index (χ4v) is 3.05. The first-order valence-electron chi connectivity index (χ1n) is 10.3. The second-order valence-electron chi connectivity index (χ2n) is 7.35. The van der Waals surface area contributed by atoms with E-state index in [1.54, 1.807) is 19.2 Å². The Morgan fingerprint density at radius 2 is 1.97 bits per heavy atom. The smallest absolute Gasteiger partial charge is 0.422 e. The van der Waals surface area contributed by atoms with Gasteiger partial charge in [0.05, 0.1) is 0 Å². The number of alkyl halides is 3. The van der Waals surface area contributed by atoms with E-state index in [0.717, 1.165) is 44.6 Å². The number of guanidine groups is 1. The first-order chi connectivity index (χ1) is 14.4. The summed E-state index contributed by atoms with van der Waals surface area (Å²) in [7, 11) is 1.65. The molecular weight excluding hydrogens is 526 g/mol. The van der Waals surface area contributed by atoms with Crippen molar-refractivity contribution in [3.8, 4) is 5.75 Å². The van der Waals surface area contributed by atoms with Crippen LogP contribution in [0.25, 0.3) is 0 Å². The van der Waals surface area contributed by atoms with Crippen LogP contribution in [0, 0.1) is 12.8 Å². The lowest BCUT2D eigenvalue weighted by molar-refractivity contribution is -0.153. The van der Waals surface area contributed by atoms with Crippen LogP contribution in [0.4, 0.5) is 13.2 Å². The third-order valence-electron chi connectivity index (χ3n) is 4.74. The molecule has 2 rings (SSSR count).